The summed E-state index contributed by atoms with van der Waals surface area (Å²) in [5, 5.41) is 26.5. The van der Waals surface area contributed by atoms with E-state index in [9.17, 15) is 29.1 Å². The van der Waals surface area contributed by atoms with Crippen molar-refractivity contribution < 1.29 is 43.1 Å². The first-order valence-electron chi connectivity index (χ1n) is 24.9. The van der Waals surface area contributed by atoms with E-state index in [2.05, 4.69) is 41.4 Å². The third-order valence-corrected chi connectivity index (χ3v) is 15.0. The SMILES string of the molecule is Cc1ncc(-c2ccc3nc(NC(=O)CCCCCCOc4cc(C(=O)N[C@H](C(=O)N5C[C@H](O)C[C@H]5C(=O)NCc5ccc(-c6scnc6C)cc5)C(C)(C)C)no4)sc3c2)cc1NC(=O)OC1CCCCC1. The Kier molecular flexibility index (Phi) is 17.2. The molecule has 1 aliphatic carbocycles. The molecule has 1 saturated heterocycles. The van der Waals surface area contributed by atoms with Gasteiger partial charge in [-0.3, -0.25) is 29.5 Å². The Morgan fingerprint density at radius 3 is 2.41 bits per heavy atom. The van der Waals surface area contributed by atoms with E-state index in [1.165, 1.54) is 28.7 Å². The second-order valence-corrected chi connectivity index (χ2v) is 21.7. The number of nitrogens with one attached hydrogen (secondary N) is 4. The molecule has 0 radical (unpaired) electrons. The maximum atomic E-state index is 14.1. The molecule has 3 atom stereocenters. The summed E-state index contributed by atoms with van der Waals surface area (Å²) in [6.45, 7) is 9.68. The van der Waals surface area contributed by atoms with Gasteiger partial charge in [-0.2, -0.15) is 0 Å². The predicted molar refractivity (Wildman–Crippen MR) is 279 cm³/mol. The molecule has 4 aromatic heterocycles. The molecule has 0 spiro atoms. The zero-order valence-corrected chi connectivity index (χ0v) is 43.5. The normalized spacial score (nSPS) is 16.5. The average molecular weight is 1030 g/mol. The van der Waals surface area contributed by atoms with Gasteiger partial charge >= 0.3 is 12.0 Å². The molecule has 6 aromatic rings. The van der Waals surface area contributed by atoms with E-state index in [0.29, 0.717) is 42.4 Å². The predicted octanol–water partition coefficient (Wildman–Crippen LogP) is 9.36. The second kappa shape index (κ2) is 23.8. The number of thiazole rings is 2. The number of rotatable bonds is 19. The number of hydrogen-bond donors (Lipinski definition) is 5. The van der Waals surface area contributed by atoms with Crippen molar-refractivity contribution in [2.24, 2.45) is 5.41 Å². The number of unbranched alkanes of at least 4 members (excludes halogenated alkanes) is 3. The lowest BCUT2D eigenvalue weighted by molar-refractivity contribution is -0.142. The van der Waals surface area contributed by atoms with Gasteiger partial charge in [0.2, 0.25) is 17.7 Å². The van der Waals surface area contributed by atoms with E-state index in [0.717, 1.165) is 81.6 Å². The fourth-order valence-corrected chi connectivity index (χ4v) is 10.7. The highest BCUT2D eigenvalue weighted by Crippen LogP contribution is 2.33. The molecule has 2 fully saturated rings. The van der Waals surface area contributed by atoms with Crippen LogP contribution in [0.5, 0.6) is 5.95 Å². The van der Waals surface area contributed by atoms with Crippen LogP contribution in [0.2, 0.25) is 0 Å². The molecule has 1 aliphatic heterocycles. The number of benzene rings is 2. The molecule has 2 aliphatic rings. The fourth-order valence-electron chi connectivity index (χ4n) is 8.96. The van der Waals surface area contributed by atoms with Gasteiger partial charge in [0.1, 0.15) is 18.2 Å². The van der Waals surface area contributed by atoms with E-state index >= 15 is 0 Å². The molecule has 8 rings (SSSR count). The van der Waals surface area contributed by atoms with E-state index in [1.807, 2.05) is 62.4 Å². The second-order valence-electron chi connectivity index (χ2n) is 19.8. The first-order valence-corrected chi connectivity index (χ1v) is 26.6. The number of hydrogen-bond acceptors (Lipinski definition) is 15. The van der Waals surface area contributed by atoms with Crippen molar-refractivity contribution in [3.63, 3.8) is 0 Å². The van der Waals surface area contributed by atoms with Crippen molar-refractivity contribution in [2.45, 2.75) is 136 Å². The number of anilines is 2. The zero-order chi connectivity index (χ0) is 51.6. The number of likely N-dealkylation sites (tertiary alicyclic amines) is 1. The minimum absolute atomic E-state index is 0.0442. The lowest BCUT2D eigenvalue weighted by Crippen LogP contribution is -2.57. The van der Waals surface area contributed by atoms with Crippen molar-refractivity contribution in [3.05, 3.63) is 88.9 Å². The fraction of sp³-hybridized carbons (Fsp3) is 0.453. The average Bonchev–Trinajstić information content (AvgIpc) is 4.19. The lowest BCUT2D eigenvalue weighted by atomic mass is 9.85. The number of aromatic nitrogens is 4. The number of fused-ring (bicyclic) bond motifs is 1. The smallest absolute Gasteiger partial charge is 0.411 e. The highest BCUT2D eigenvalue weighted by atomic mass is 32.1. The quantitative estimate of drug-likeness (QED) is 0.0476. The van der Waals surface area contributed by atoms with Crippen LogP contribution in [0.15, 0.2) is 70.8 Å². The number of β-amino-alcohol motifs (C(OH)–C–C–N with tert-alkyl or cyclic N) is 1. The summed E-state index contributed by atoms with van der Waals surface area (Å²) in [4.78, 5) is 82.5. The molecular formula is C53H63N9O9S2. The molecular weight excluding hydrogens is 971 g/mol. The van der Waals surface area contributed by atoms with Gasteiger partial charge in [0.25, 0.3) is 5.91 Å². The van der Waals surface area contributed by atoms with Crippen LogP contribution in [0.4, 0.5) is 15.6 Å². The minimum atomic E-state index is -1.06. The van der Waals surface area contributed by atoms with Crippen LogP contribution >= 0.6 is 22.7 Å². The summed E-state index contributed by atoms with van der Waals surface area (Å²) in [6, 6.07) is 14.9. The van der Waals surface area contributed by atoms with Crippen LogP contribution in [-0.4, -0.2) is 97.3 Å². The Balaban J connectivity index is 0.744. The number of amides is 5. The number of aliphatic hydroxyl groups is 1. The number of aryl methyl sites for hydroxylation is 2. The van der Waals surface area contributed by atoms with Gasteiger partial charge < -0.3 is 40.0 Å². The lowest BCUT2D eigenvalue weighted by Gasteiger charge is -2.35. The van der Waals surface area contributed by atoms with Crippen LogP contribution < -0.4 is 26.0 Å². The van der Waals surface area contributed by atoms with E-state index in [4.69, 9.17) is 14.0 Å². The monoisotopic (exact) mass is 1030 g/mol. The number of ether oxygens (including phenoxy) is 2. The number of carbonyl (C=O) groups is 5. The van der Waals surface area contributed by atoms with E-state index < -0.39 is 47.4 Å². The molecule has 386 valence electrons. The van der Waals surface area contributed by atoms with Crippen molar-refractivity contribution in [3.8, 4) is 27.5 Å². The zero-order valence-electron chi connectivity index (χ0n) is 41.8. The summed E-state index contributed by atoms with van der Waals surface area (Å²) < 4.78 is 17.6. The van der Waals surface area contributed by atoms with Crippen LogP contribution in [0, 0.1) is 19.3 Å². The first-order chi connectivity index (χ1) is 35.1. The Morgan fingerprint density at radius 2 is 1.66 bits per heavy atom. The van der Waals surface area contributed by atoms with Gasteiger partial charge in [-0.1, -0.05) is 86.9 Å². The van der Waals surface area contributed by atoms with Crippen molar-refractivity contribution >= 4 is 73.4 Å². The Bertz CT molecular complexity index is 2900. The maximum absolute atomic E-state index is 14.1. The van der Waals surface area contributed by atoms with Crippen molar-refractivity contribution in [2.75, 3.05) is 23.8 Å². The molecule has 5 N–H and O–H groups in total. The topological polar surface area (TPSA) is 240 Å². The van der Waals surface area contributed by atoms with Crippen LogP contribution in [0.3, 0.4) is 0 Å². The summed E-state index contributed by atoms with van der Waals surface area (Å²) in [5.41, 5.74) is 7.59. The number of carbonyl (C=O) groups excluding carboxylic acids is 5. The third-order valence-electron chi connectivity index (χ3n) is 13.1. The molecule has 73 heavy (non-hydrogen) atoms. The van der Waals surface area contributed by atoms with Crippen LogP contribution in [0.25, 0.3) is 31.8 Å². The van der Waals surface area contributed by atoms with Gasteiger partial charge in [-0.25, -0.2) is 14.8 Å². The summed E-state index contributed by atoms with van der Waals surface area (Å²) in [7, 11) is 0. The minimum Gasteiger partial charge on any atom is -0.464 e. The Labute approximate surface area is 432 Å². The first kappa shape index (κ1) is 52.5. The molecule has 5 amide bonds. The van der Waals surface area contributed by atoms with Gasteiger partial charge in [0, 0.05) is 37.7 Å². The van der Waals surface area contributed by atoms with Crippen LogP contribution in [-0.2, 0) is 25.7 Å². The van der Waals surface area contributed by atoms with Gasteiger partial charge in [0.15, 0.2) is 10.8 Å². The van der Waals surface area contributed by atoms with Gasteiger partial charge in [0.05, 0.1) is 56.5 Å². The van der Waals surface area contributed by atoms with Gasteiger partial charge in [-0.15, -0.1) is 11.3 Å². The molecule has 0 unspecified atom stereocenters. The molecule has 20 heteroatoms. The Morgan fingerprint density at radius 1 is 0.890 bits per heavy atom. The molecule has 18 nitrogen and oxygen atoms in total. The maximum Gasteiger partial charge on any atom is 0.411 e. The Hall–Kier alpha value is -6.77. The van der Waals surface area contributed by atoms with Crippen molar-refractivity contribution in [1.82, 2.24) is 35.6 Å². The highest BCUT2D eigenvalue weighted by Gasteiger charge is 2.44. The largest absolute Gasteiger partial charge is 0.464 e. The molecule has 5 heterocycles. The summed E-state index contributed by atoms with van der Waals surface area (Å²) in [6.07, 6.45) is 8.72. The number of pyridine rings is 1. The summed E-state index contributed by atoms with van der Waals surface area (Å²) >= 11 is 2.95. The number of nitrogens with zero attached hydrogens (tertiary/aromatic N) is 5. The third kappa shape index (κ3) is 13.8. The highest BCUT2D eigenvalue weighted by molar-refractivity contribution is 7.22. The van der Waals surface area contributed by atoms with Gasteiger partial charge in [-0.05, 0) is 92.7 Å². The van der Waals surface area contributed by atoms with Crippen LogP contribution in [0.1, 0.15) is 119 Å². The van der Waals surface area contributed by atoms with Crippen molar-refractivity contribution in [1.29, 1.82) is 0 Å². The molecule has 2 aromatic carbocycles. The summed E-state index contributed by atoms with van der Waals surface area (Å²) in [5.74, 6) is -1.64. The molecule has 0 bridgehead atoms. The van der Waals surface area contributed by atoms with E-state index in [1.54, 1.807) is 43.8 Å². The number of aliphatic hydroxyl groups excluding tert-OH is 1. The molecule has 1 saturated carbocycles. The standard InChI is InChI=1S/C53H63N9O9S2/c1-31-40(58-52(68)70-38-13-9-8-10-14-38)23-36(28-54-31)35-20-21-39-43(24-35)73-51(57-39)59-44(64)15-11-6-7-12-22-69-45-26-41(61-71-45)48(65)60-47(53(3,4)5)50(67)62-29-37(63)25-42(62)49(66)55-27-33-16-18-34(19-17-33)46-32(2)56-30-72-46/h16-21,23-24,26,28,30,37-38,42,47,63H,6-15,22,25,27,29H2,1-5H3,(H,55,66)(H,58,68)(H,60,65)(H,57,59,64)/t37-,42+,47-/m1/s1. The van der Waals surface area contributed by atoms with E-state index in [-0.39, 0.29) is 43.2 Å².